The van der Waals surface area contributed by atoms with Crippen LogP contribution in [0.15, 0.2) is 52.9 Å². The molecule has 0 aliphatic heterocycles. The van der Waals surface area contributed by atoms with Crippen molar-refractivity contribution in [3.05, 3.63) is 81.8 Å². The number of carbonyl (C=O) groups is 2. The van der Waals surface area contributed by atoms with Gasteiger partial charge in [0.2, 0.25) is 5.91 Å². The Bertz CT molecular complexity index is 1290. The lowest BCUT2D eigenvalue weighted by Gasteiger charge is -2.08. The first-order valence-electron chi connectivity index (χ1n) is 9.73. The van der Waals surface area contributed by atoms with Crippen molar-refractivity contribution in [3.63, 3.8) is 0 Å². The van der Waals surface area contributed by atoms with Crippen molar-refractivity contribution in [2.24, 2.45) is 0 Å². The zero-order valence-corrected chi connectivity index (χ0v) is 18.1. The maximum Gasteiger partial charge on any atom is 0.305 e. The molecule has 2 N–H and O–H groups in total. The largest absolute Gasteiger partial charge is 0.451 e. The highest BCUT2D eigenvalue weighted by Crippen LogP contribution is 2.24. The zero-order valence-electron chi connectivity index (χ0n) is 17.3. The van der Waals surface area contributed by atoms with Gasteiger partial charge in [-0.2, -0.15) is 5.10 Å². The fraction of sp³-hybridized carbons (Fsp3) is 0.174. The lowest BCUT2D eigenvalue weighted by atomic mass is 10.1. The average Bonchev–Trinajstić information content (AvgIpc) is 3.24. The number of halogens is 1. The number of benzene rings is 2. The first-order valence-corrected chi connectivity index (χ1v) is 10.1. The molecule has 0 bridgehead atoms. The third-order valence-corrected chi connectivity index (χ3v) is 5.47. The van der Waals surface area contributed by atoms with Gasteiger partial charge in [-0.3, -0.25) is 20.4 Å². The molecular formula is C23H21ClN4O3. The maximum absolute atomic E-state index is 12.5. The first kappa shape index (κ1) is 20.7. The Kier molecular flexibility index (Phi) is 5.52. The summed E-state index contributed by atoms with van der Waals surface area (Å²) in [5.74, 6) is -0.694. The van der Waals surface area contributed by atoms with E-state index in [0.717, 1.165) is 33.6 Å². The van der Waals surface area contributed by atoms with Crippen molar-refractivity contribution in [2.75, 3.05) is 0 Å². The van der Waals surface area contributed by atoms with E-state index in [2.05, 4.69) is 16.0 Å². The van der Waals surface area contributed by atoms with Gasteiger partial charge in [0.25, 0.3) is 0 Å². The molecule has 0 aliphatic carbocycles. The standard InChI is InChI=1S/C23H21ClN4O3/c1-13-18-6-4-5-7-20(18)31-22(13)23(30)26-25-21(29)12-19-14(2)27-28(15(19)3)17-10-8-16(24)9-11-17/h4-11H,12H2,1-3H3,(H,25,29)(H,26,30). The van der Waals surface area contributed by atoms with Crippen LogP contribution in [0.1, 0.15) is 33.1 Å². The van der Waals surface area contributed by atoms with Gasteiger partial charge in [0.1, 0.15) is 5.58 Å². The first-order chi connectivity index (χ1) is 14.8. The highest BCUT2D eigenvalue weighted by atomic mass is 35.5. The number of nitrogens with one attached hydrogen (secondary N) is 2. The molecule has 0 unspecified atom stereocenters. The minimum absolute atomic E-state index is 0.0741. The van der Waals surface area contributed by atoms with Crippen LogP contribution >= 0.6 is 11.6 Å². The topological polar surface area (TPSA) is 89.2 Å². The fourth-order valence-corrected chi connectivity index (χ4v) is 3.67. The average molecular weight is 437 g/mol. The van der Waals surface area contributed by atoms with Crippen LogP contribution in [0.2, 0.25) is 5.02 Å². The summed E-state index contributed by atoms with van der Waals surface area (Å²) in [6.07, 6.45) is 0.0741. The van der Waals surface area contributed by atoms with Crippen LogP contribution in [0.3, 0.4) is 0 Å². The number of hydrogen-bond acceptors (Lipinski definition) is 4. The molecule has 4 aromatic rings. The lowest BCUT2D eigenvalue weighted by molar-refractivity contribution is -0.121. The summed E-state index contributed by atoms with van der Waals surface area (Å²) in [5.41, 5.74) is 9.46. The monoisotopic (exact) mass is 436 g/mol. The van der Waals surface area contributed by atoms with E-state index in [1.807, 2.05) is 44.2 Å². The Morgan fingerprint density at radius 2 is 1.74 bits per heavy atom. The van der Waals surface area contributed by atoms with Crippen LogP contribution in [0.4, 0.5) is 0 Å². The van der Waals surface area contributed by atoms with Crippen LogP contribution < -0.4 is 10.9 Å². The second-order valence-corrected chi connectivity index (χ2v) is 7.71. The van der Waals surface area contributed by atoms with Crippen molar-refractivity contribution in [2.45, 2.75) is 27.2 Å². The van der Waals surface area contributed by atoms with Gasteiger partial charge < -0.3 is 4.42 Å². The number of aryl methyl sites for hydroxylation is 2. The SMILES string of the molecule is Cc1nn(-c2ccc(Cl)cc2)c(C)c1CC(=O)NNC(=O)c1oc2ccccc2c1C. The molecule has 0 saturated heterocycles. The molecule has 0 atom stereocenters. The van der Waals surface area contributed by atoms with E-state index in [-0.39, 0.29) is 18.1 Å². The number of amides is 2. The number of para-hydroxylation sites is 1. The Morgan fingerprint density at radius 1 is 1.03 bits per heavy atom. The molecule has 0 saturated carbocycles. The molecule has 7 nitrogen and oxygen atoms in total. The molecular weight excluding hydrogens is 416 g/mol. The summed E-state index contributed by atoms with van der Waals surface area (Å²) in [5, 5.41) is 6.03. The van der Waals surface area contributed by atoms with E-state index in [1.54, 1.807) is 29.8 Å². The second kappa shape index (κ2) is 8.28. The number of fused-ring (bicyclic) bond motifs is 1. The molecule has 8 heteroatoms. The third-order valence-electron chi connectivity index (χ3n) is 5.22. The zero-order chi connectivity index (χ0) is 22.1. The van der Waals surface area contributed by atoms with E-state index >= 15 is 0 Å². The summed E-state index contributed by atoms with van der Waals surface area (Å²) in [6.45, 7) is 5.55. The fourth-order valence-electron chi connectivity index (χ4n) is 3.54. The minimum atomic E-state index is -0.507. The Balaban J connectivity index is 1.45. The number of aromatic nitrogens is 2. The molecule has 2 amide bonds. The minimum Gasteiger partial charge on any atom is -0.451 e. The summed E-state index contributed by atoms with van der Waals surface area (Å²) < 4.78 is 7.39. The van der Waals surface area contributed by atoms with Gasteiger partial charge in [-0.1, -0.05) is 29.8 Å². The predicted molar refractivity (Wildman–Crippen MR) is 118 cm³/mol. The number of carbonyl (C=O) groups excluding carboxylic acids is 2. The van der Waals surface area contributed by atoms with Crippen LogP contribution in [0.25, 0.3) is 16.7 Å². The molecule has 158 valence electrons. The van der Waals surface area contributed by atoms with E-state index in [0.29, 0.717) is 10.6 Å². The number of hydrazine groups is 1. The van der Waals surface area contributed by atoms with Gasteiger partial charge in [0.15, 0.2) is 5.76 Å². The van der Waals surface area contributed by atoms with Gasteiger partial charge >= 0.3 is 5.91 Å². The number of rotatable bonds is 4. The van der Waals surface area contributed by atoms with Crippen molar-refractivity contribution in [1.29, 1.82) is 0 Å². The van der Waals surface area contributed by atoms with Crippen LogP contribution in [0.5, 0.6) is 0 Å². The molecule has 0 radical (unpaired) electrons. The van der Waals surface area contributed by atoms with Crippen molar-refractivity contribution in [3.8, 4) is 5.69 Å². The van der Waals surface area contributed by atoms with Gasteiger partial charge in [-0.15, -0.1) is 0 Å². The molecule has 0 aliphatic rings. The quantitative estimate of drug-likeness (QED) is 0.469. The second-order valence-electron chi connectivity index (χ2n) is 7.27. The highest BCUT2D eigenvalue weighted by Gasteiger charge is 2.19. The number of hydrogen-bond donors (Lipinski definition) is 2. The van der Waals surface area contributed by atoms with E-state index in [4.69, 9.17) is 16.0 Å². The Hall–Kier alpha value is -3.58. The molecule has 0 spiro atoms. The van der Waals surface area contributed by atoms with Crippen molar-refractivity contribution < 1.29 is 14.0 Å². The van der Waals surface area contributed by atoms with Crippen LogP contribution in [0, 0.1) is 20.8 Å². The maximum atomic E-state index is 12.5. The highest BCUT2D eigenvalue weighted by molar-refractivity contribution is 6.30. The normalized spacial score (nSPS) is 11.0. The predicted octanol–water partition coefficient (Wildman–Crippen LogP) is 4.20. The molecule has 0 fully saturated rings. The third kappa shape index (κ3) is 4.04. The van der Waals surface area contributed by atoms with E-state index in [9.17, 15) is 9.59 Å². The van der Waals surface area contributed by atoms with E-state index in [1.165, 1.54) is 0 Å². The smallest absolute Gasteiger partial charge is 0.305 e. The Labute approximate surface area is 184 Å². The summed E-state index contributed by atoms with van der Waals surface area (Å²) in [7, 11) is 0. The molecule has 31 heavy (non-hydrogen) atoms. The summed E-state index contributed by atoms with van der Waals surface area (Å²) >= 11 is 5.96. The number of furan rings is 1. The van der Waals surface area contributed by atoms with Gasteiger partial charge in [0, 0.05) is 27.2 Å². The molecule has 2 aromatic heterocycles. The van der Waals surface area contributed by atoms with Crippen LogP contribution in [-0.2, 0) is 11.2 Å². The van der Waals surface area contributed by atoms with Gasteiger partial charge in [0.05, 0.1) is 17.8 Å². The number of nitrogens with zero attached hydrogens (tertiary/aromatic N) is 2. The van der Waals surface area contributed by atoms with Gasteiger partial charge in [-0.05, 0) is 51.1 Å². The molecule has 2 aromatic carbocycles. The van der Waals surface area contributed by atoms with Gasteiger partial charge in [-0.25, -0.2) is 4.68 Å². The Morgan fingerprint density at radius 3 is 2.45 bits per heavy atom. The van der Waals surface area contributed by atoms with Crippen molar-refractivity contribution >= 4 is 34.4 Å². The van der Waals surface area contributed by atoms with E-state index < -0.39 is 5.91 Å². The summed E-state index contributed by atoms with van der Waals surface area (Å²) in [4.78, 5) is 25.0. The van der Waals surface area contributed by atoms with Crippen molar-refractivity contribution in [1.82, 2.24) is 20.6 Å². The molecule has 4 rings (SSSR count). The lowest BCUT2D eigenvalue weighted by Crippen LogP contribution is -2.42. The molecule has 2 heterocycles. The van der Waals surface area contributed by atoms with Crippen LogP contribution in [-0.4, -0.2) is 21.6 Å². The summed E-state index contributed by atoms with van der Waals surface area (Å²) in [6, 6.07) is 14.7.